The zero-order chi connectivity index (χ0) is 18.8. The monoisotopic (exact) mass is 342 g/mol. The summed E-state index contributed by atoms with van der Waals surface area (Å²) in [4.78, 5) is 13.5. The van der Waals surface area contributed by atoms with E-state index >= 15 is 0 Å². The normalized spacial score (nSPS) is 10.5. The summed E-state index contributed by atoms with van der Waals surface area (Å²) in [5, 5.41) is 0. The van der Waals surface area contributed by atoms with Crippen molar-refractivity contribution in [1.82, 2.24) is 0 Å². The Balaban J connectivity index is 2.43. The predicted octanol–water partition coefficient (Wildman–Crippen LogP) is 5.39. The van der Waals surface area contributed by atoms with Crippen molar-refractivity contribution in [2.45, 2.75) is 45.4 Å². The minimum absolute atomic E-state index is 0.132. The molecule has 0 unspecified atom stereocenters. The third kappa shape index (κ3) is 4.25. The molecular formula is C25H26O. The number of Topliss-reactive ketones (excluding diaryl/α,β-unsaturated/α-hetero) is 1. The largest absolute Gasteiger partial charge is 0.298 e. The van der Waals surface area contributed by atoms with Crippen molar-refractivity contribution in [2.24, 2.45) is 5.92 Å². The Morgan fingerprint density at radius 2 is 1.38 bits per heavy atom. The van der Waals surface area contributed by atoms with Gasteiger partial charge in [0.1, 0.15) is 5.78 Å². The smallest absolute Gasteiger partial charge is 0.149 e. The van der Waals surface area contributed by atoms with Crippen LogP contribution in [-0.2, 0) is 10.2 Å². The van der Waals surface area contributed by atoms with Crippen molar-refractivity contribution in [2.75, 3.05) is 0 Å². The highest BCUT2D eigenvalue weighted by molar-refractivity contribution is 5.94. The van der Waals surface area contributed by atoms with E-state index in [9.17, 15) is 4.79 Å². The lowest BCUT2D eigenvalue weighted by Crippen LogP contribution is -2.42. The first-order chi connectivity index (χ1) is 12.6. The minimum atomic E-state index is -0.653. The first-order valence-corrected chi connectivity index (χ1v) is 9.24. The molecule has 0 amide bonds. The van der Waals surface area contributed by atoms with Crippen molar-refractivity contribution in [1.29, 1.82) is 0 Å². The predicted molar refractivity (Wildman–Crippen MR) is 109 cm³/mol. The molecule has 0 aromatic heterocycles. The molecule has 2 rings (SSSR count). The molecule has 1 heteroatoms. The molecule has 0 saturated heterocycles. The van der Waals surface area contributed by atoms with E-state index in [1.165, 1.54) is 0 Å². The van der Waals surface area contributed by atoms with Gasteiger partial charge in [-0.1, -0.05) is 93.3 Å². The average Bonchev–Trinajstić information content (AvgIpc) is 2.66. The summed E-state index contributed by atoms with van der Waals surface area (Å²) in [5.74, 6) is 11.9. The number of rotatable bonds is 6. The zero-order valence-electron chi connectivity index (χ0n) is 15.9. The van der Waals surface area contributed by atoms with E-state index in [2.05, 4.69) is 61.8 Å². The highest BCUT2D eigenvalue weighted by atomic mass is 16.1. The van der Waals surface area contributed by atoms with Gasteiger partial charge in [0, 0.05) is 19.3 Å². The summed E-state index contributed by atoms with van der Waals surface area (Å²) >= 11 is 0. The summed E-state index contributed by atoms with van der Waals surface area (Å²) in [6, 6.07) is 20.2. The third-order valence-electron chi connectivity index (χ3n) is 4.66. The van der Waals surface area contributed by atoms with Crippen LogP contribution in [0.4, 0.5) is 0 Å². The second-order valence-electron chi connectivity index (χ2n) is 6.58. The van der Waals surface area contributed by atoms with Gasteiger partial charge in [-0.15, -0.1) is 0 Å². The van der Waals surface area contributed by atoms with Crippen molar-refractivity contribution in [3.05, 3.63) is 71.8 Å². The Bertz CT molecular complexity index is 784. The third-order valence-corrected chi connectivity index (χ3v) is 4.66. The summed E-state index contributed by atoms with van der Waals surface area (Å²) < 4.78 is 0. The van der Waals surface area contributed by atoms with Gasteiger partial charge >= 0.3 is 0 Å². The van der Waals surface area contributed by atoms with Crippen molar-refractivity contribution in [3.8, 4) is 23.7 Å². The fraction of sp³-hybridized carbons (Fsp3) is 0.320. The molecule has 0 radical (unpaired) electrons. The minimum Gasteiger partial charge on any atom is -0.298 e. The molecule has 0 fully saturated rings. The van der Waals surface area contributed by atoms with Crippen LogP contribution in [-0.4, -0.2) is 5.78 Å². The van der Waals surface area contributed by atoms with Crippen LogP contribution >= 0.6 is 0 Å². The molecule has 0 spiro atoms. The van der Waals surface area contributed by atoms with Gasteiger partial charge in [-0.3, -0.25) is 4.79 Å². The molecule has 26 heavy (non-hydrogen) atoms. The Hall–Kier alpha value is -2.77. The standard InChI is InChI=1S/C25H26O/c1-4-5-6-7-8-15-20-24(26)25(21(2)3,22-16-11-9-12-17-22)23-18-13-10-14-19-23/h9-14,16-19,21H,4,15,20H2,1-3H3. The molecule has 0 aliphatic heterocycles. The topological polar surface area (TPSA) is 17.1 Å². The molecular weight excluding hydrogens is 316 g/mol. The van der Waals surface area contributed by atoms with Crippen LogP contribution in [0, 0.1) is 29.6 Å². The van der Waals surface area contributed by atoms with Gasteiger partial charge < -0.3 is 0 Å². The van der Waals surface area contributed by atoms with Gasteiger partial charge in [-0.25, -0.2) is 0 Å². The number of ketones is 1. The van der Waals surface area contributed by atoms with Crippen LogP contribution < -0.4 is 0 Å². The molecule has 0 N–H and O–H groups in total. The number of hydrogen-bond acceptors (Lipinski definition) is 1. The fourth-order valence-electron chi connectivity index (χ4n) is 3.49. The number of hydrogen-bond donors (Lipinski definition) is 0. The molecule has 2 aromatic rings. The summed E-state index contributed by atoms with van der Waals surface area (Å²) in [5.41, 5.74) is 1.44. The van der Waals surface area contributed by atoms with Gasteiger partial charge in [0.2, 0.25) is 0 Å². The van der Waals surface area contributed by atoms with E-state index in [0.717, 1.165) is 17.5 Å². The molecule has 0 aliphatic carbocycles. The Morgan fingerprint density at radius 1 is 0.885 bits per heavy atom. The fourth-order valence-corrected chi connectivity index (χ4v) is 3.49. The second kappa shape index (κ2) is 9.65. The molecule has 0 heterocycles. The summed E-state index contributed by atoms with van der Waals surface area (Å²) in [6.45, 7) is 6.24. The van der Waals surface area contributed by atoms with Crippen LogP contribution in [0.25, 0.3) is 0 Å². The quantitative estimate of drug-likeness (QED) is 0.643. The maximum absolute atomic E-state index is 13.5. The van der Waals surface area contributed by atoms with Crippen molar-refractivity contribution >= 4 is 5.78 Å². The summed E-state index contributed by atoms with van der Waals surface area (Å²) in [7, 11) is 0. The molecule has 2 aromatic carbocycles. The van der Waals surface area contributed by atoms with Crippen LogP contribution in [0.15, 0.2) is 60.7 Å². The zero-order valence-corrected chi connectivity index (χ0v) is 15.9. The van der Waals surface area contributed by atoms with Crippen LogP contribution in [0.3, 0.4) is 0 Å². The maximum atomic E-state index is 13.5. The van der Waals surface area contributed by atoms with Crippen LogP contribution in [0.2, 0.25) is 0 Å². The number of benzene rings is 2. The lowest BCUT2D eigenvalue weighted by Gasteiger charge is -2.37. The van der Waals surface area contributed by atoms with E-state index in [-0.39, 0.29) is 11.7 Å². The SMILES string of the molecule is CCC#CC#CCCC(=O)C(c1ccccc1)(c1ccccc1)C(C)C. The summed E-state index contributed by atoms with van der Waals surface area (Å²) in [6.07, 6.45) is 1.75. The molecule has 0 saturated carbocycles. The lowest BCUT2D eigenvalue weighted by molar-refractivity contribution is -0.124. The highest BCUT2D eigenvalue weighted by Crippen LogP contribution is 2.41. The van der Waals surface area contributed by atoms with Crippen molar-refractivity contribution < 1.29 is 4.79 Å². The number of carbonyl (C=O) groups is 1. The average molecular weight is 342 g/mol. The highest BCUT2D eigenvalue weighted by Gasteiger charge is 2.43. The number of carbonyl (C=O) groups excluding carboxylic acids is 1. The maximum Gasteiger partial charge on any atom is 0.149 e. The molecule has 0 atom stereocenters. The van der Waals surface area contributed by atoms with Crippen molar-refractivity contribution in [3.63, 3.8) is 0 Å². The second-order valence-corrected chi connectivity index (χ2v) is 6.58. The Morgan fingerprint density at radius 3 is 1.85 bits per heavy atom. The van der Waals surface area contributed by atoms with Gasteiger partial charge in [-0.05, 0) is 28.9 Å². The van der Waals surface area contributed by atoms with Gasteiger partial charge in [0.15, 0.2) is 0 Å². The van der Waals surface area contributed by atoms with E-state index in [4.69, 9.17) is 0 Å². The molecule has 1 nitrogen and oxygen atoms in total. The molecule has 0 aliphatic rings. The molecule has 0 bridgehead atoms. The Labute approximate surface area is 157 Å². The van der Waals surface area contributed by atoms with Gasteiger partial charge in [-0.2, -0.15) is 0 Å². The molecule has 132 valence electrons. The van der Waals surface area contributed by atoms with E-state index in [1.54, 1.807) is 0 Å². The van der Waals surface area contributed by atoms with Crippen LogP contribution in [0.5, 0.6) is 0 Å². The van der Waals surface area contributed by atoms with E-state index < -0.39 is 5.41 Å². The van der Waals surface area contributed by atoms with E-state index in [1.807, 2.05) is 43.3 Å². The Kier molecular flexibility index (Phi) is 7.25. The van der Waals surface area contributed by atoms with Gasteiger partial charge in [0.05, 0.1) is 5.41 Å². The first kappa shape index (κ1) is 19.6. The van der Waals surface area contributed by atoms with E-state index in [0.29, 0.717) is 12.8 Å². The lowest BCUT2D eigenvalue weighted by atomic mass is 9.63. The first-order valence-electron chi connectivity index (χ1n) is 9.24. The van der Waals surface area contributed by atoms with Crippen LogP contribution in [0.1, 0.15) is 51.2 Å². The van der Waals surface area contributed by atoms with Gasteiger partial charge in [0.25, 0.3) is 0 Å².